The molecule has 3 rings (SSSR count). The number of pyridine rings is 1. The van der Waals surface area contributed by atoms with Crippen LogP contribution in [0.3, 0.4) is 0 Å². The van der Waals surface area contributed by atoms with E-state index in [4.69, 9.17) is 11.5 Å². The zero-order valence-corrected chi connectivity index (χ0v) is 13.7. The van der Waals surface area contributed by atoms with E-state index in [0.717, 1.165) is 36.8 Å². The van der Waals surface area contributed by atoms with E-state index >= 15 is 0 Å². The molecule has 128 valence electrons. The number of nitrogens with two attached hydrogens (primary N) is 2. The van der Waals surface area contributed by atoms with Gasteiger partial charge in [-0.3, -0.25) is 14.9 Å². The Hall–Kier alpha value is -2.64. The van der Waals surface area contributed by atoms with Crippen molar-refractivity contribution in [2.24, 2.45) is 28.3 Å². The molecule has 1 aliphatic rings. The van der Waals surface area contributed by atoms with Gasteiger partial charge in [0.25, 0.3) is 0 Å². The zero-order valence-electron chi connectivity index (χ0n) is 13.7. The highest BCUT2D eigenvalue weighted by Gasteiger charge is 2.29. The number of amides is 1. The van der Waals surface area contributed by atoms with E-state index in [1.54, 1.807) is 18.5 Å². The van der Waals surface area contributed by atoms with Gasteiger partial charge in [-0.15, -0.1) is 0 Å². The fourth-order valence-corrected chi connectivity index (χ4v) is 3.40. The molecule has 0 aliphatic heterocycles. The topological polar surface area (TPSA) is 135 Å². The van der Waals surface area contributed by atoms with Crippen LogP contribution in [0.25, 0.3) is 11.0 Å². The number of carbonyl (C=O) groups is 1. The second-order valence-corrected chi connectivity index (χ2v) is 6.39. The molecule has 0 saturated heterocycles. The highest BCUT2D eigenvalue weighted by atomic mass is 16.1. The van der Waals surface area contributed by atoms with Gasteiger partial charge in [0.15, 0.2) is 11.6 Å². The van der Waals surface area contributed by atoms with Crippen LogP contribution in [0.5, 0.6) is 0 Å². The highest BCUT2D eigenvalue weighted by molar-refractivity contribution is 6.00. The van der Waals surface area contributed by atoms with Crippen molar-refractivity contribution in [3.63, 3.8) is 0 Å². The molecule has 1 atom stereocenters. The summed E-state index contributed by atoms with van der Waals surface area (Å²) in [5.74, 6) is 0.626. The van der Waals surface area contributed by atoms with Gasteiger partial charge < -0.3 is 16.8 Å². The van der Waals surface area contributed by atoms with E-state index in [1.807, 2.05) is 6.92 Å². The fraction of sp³-hybridized carbons (Fsp3) is 0.500. The number of aliphatic imine (C=N–C) groups is 1. The van der Waals surface area contributed by atoms with Gasteiger partial charge in [0.1, 0.15) is 0 Å². The summed E-state index contributed by atoms with van der Waals surface area (Å²) in [5, 5.41) is 10.6. The summed E-state index contributed by atoms with van der Waals surface area (Å²) in [6.07, 6.45) is 6.93. The van der Waals surface area contributed by atoms with Crippen LogP contribution in [-0.2, 0) is 4.79 Å². The van der Waals surface area contributed by atoms with Crippen LogP contribution in [0.15, 0.2) is 23.5 Å². The smallest absolute Gasteiger partial charge is 0.227 e. The van der Waals surface area contributed by atoms with Crippen LogP contribution in [-0.4, -0.2) is 33.1 Å². The van der Waals surface area contributed by atoms with Crippen molar-refractivity contribution in [1.29, 1.82) is 0 Å². The first-order valence-electron chi connectivity index (χ1n) is 8.22. The quantitative estimate of drug-likeness (QED) is 0.496. The van der Waals surface area contributed by atoms with Crippen LogP contribution in [0.2, 0.25) is 0 Å². The van der Waals surface area contributed by atoms with Gasteiger partial charge in [-0.1, -0.05) is 0 Å². The predicted molar refractivity (Wildman–Crippen MR) is 93.2 cm³/mol. The number of aromatic nitrogens is 3. The van der Waals surface area contributed by atoms with Crippen molar-refractivity contribution in [2.45, 2.75) is 38.6 Å². The van der Waals surface area contributed by atoms with Gasteiger partial charge >= 0.3 is 0 Å². The van der Waals surface area contributed by atoms with Crippen molar-refractivity contribution in [2.75, 3.05) is 5.32 Å². The number of hydrogen-bond donors (Lipinski definition) is 4. The number of nitrogens with zero attached hydrogens (tertiary/aromatic N) is 3. The SMILES string of the molecule is CC(N=C(N)N)C1CCC(C(=O)Nc2ccnc3[nH]ncc23)CC1. The van der Waals surface area contributed by atoms with Crippen LogP contribution in [0.4, 0.5) is 5.69 Å². The molecule has 6 N–H and O–H groups in total. The van der Waals surface area contributed by atoms with Crippen LogP contribution in [0.1, 0.15) is 32.6 Å². The number of fused-ring (bicyclic) bond motifs is 1. The number of anilines is 1. The third-order valence-electron chi connectivity index (χ3n) is 4.79. The first-order chi connectivity index (χ1) is 11.5. The maximum atomic E-state index is 12.6. The summed E-state index contributed by atoms with van der Waals surface area (Å²) in [6.45, 7) is 2.03. The van der Waals surface area contributed by atoms with Crippen LogP contribution >= 0.6 is 0 Å². The van der Waals surface area contributed by atoms with Crippen molar-refractivity contribution in [3.05, 3.63) is 18.5 Å². The average Bonchev–Trinajstić information content (AvgIpc) is 3.04. The molecule has 1 fully saturated rings. The summed E-state index contributed by atoms with van der Waals surface area (Å²) < 4.78 is 0. The molecule has 0 radical (unpaired) electrons. The molecular weight excluding hydrogens is 306 g/mol. The number of hydrogen-bond acceptors (Lipinski definition) is 4. The van der Waals surface area contributed by atoms with Gasteiger partial charge in [-0.05, 0) is 44.6 Å². The number of aromatic amines is 1. The lowest BCUT2D eigenvalue weighted by Gasteiger charge is -2.30. The lowest BCUT2D eigenvalue weighted by Crippen LogP contribution is -2.32. The van der Waals surface area contributed by atoms with E-state index in [9.17, 15) is 4.79 Å². The minimum atomic E-state index is 0.0165. The van der Waals surface area contributed by atoms with Crippen molar-refractivity contribution >= 4 is 28.6 Å². The Kier molecular flexibility index (Phi) is 4.64. The Morgan fingerprint density at radius 1 is 1.38 bits per heavy atom. The second-order valence-electron chi connectivity index (χ2n) is 6.39. The Morgan fingerprint density at radius 2 is 2.12 bits per heavy atom. The number of guanidine groups is 1. The molecule has 1 amide bonds. The molecule has 1 unspecified atom stereocenters. The number of carbonyl (C=O) groups excluding carboxylic acids is 1. The largest absolute Gasteiger partial charge is 0.370 e. The minimum absolute atomic E-state index is 0.0165. The molecule has 8 nitrogen and oxygen atoms in total. The summed E-state index contributed by atoms with van der Waals surface area (Å²) in [7, 11) is 0. The van der Waals surface area contributed by atoms with Crippen molar-refractivity contribution < 1.29 is 4.79 Å². The summed E-state index contributed by atoms with van der Waals surface area (Å²) in [4.78, 5) is 21.0. The summed E-state index contributed by atoms with van der Waals surface area (Å²) in [5.41, 5.74) is 12.3. The normalized spacial score (nSPS) is 22.0. The Balaban J connectivity index is 1.60. The first-order valence-corrected chi connectivity index (χ1v) is 8.22. The van der Waals surface area contributed by atoms with Gasteiger partial charge in [-0.2, -0.15) is 5.10 Å². The van der Waals surface area contributed by atoms with Crippen LogP contribution in [0, 0.1) is 11.8 Å². The number of H-pyrrole nitrogens is 1. The van der Waals surface area contributed by atoms with Crippen LogP contribution < -0.4 is 16.8 Å². The third kappa shape index (κ3) is 3.47. The summed E-state index contributed by atoms with van der Waals surface area (Å²) in [6, 6.07) is 1.90. The molecule has 24 heavy (non-hydrogen) atoms. The van der Waals surface area contributed by atoms with E-state index < -0.39 is 0 Å². The highest BCUT2D eigenvalue weighted by Crippen LogP contribution is 2.33. The zero-order chi connectivity index (χ0) is 17.1. The van der Waals surface area contributed by atoms with Crippen molar-refractivity contribution in [3.8, 4) is 0 Å². The second kappa shape index (κ2) is 6.86. The minimum Gasteiger partial charge on any atom is -0.370 e. The van der Waals surface area contributed by atoms with E-state index in [2.05, 4.69) is 25.5 Å². The van der Waals surface area contributed by atoms with E-state index in [-0.39, 0.29) is 23.8 Å². The average molecular weight is 329 g/mol. The van der Waals surface area contributed by atoms with Gasteiger partial charge in [0, 0.05) is 12.1 Å². The molecule has 2 aromatic heterocycles. The van der Waals surface area contributed by atoms with E-state index in [0.29, 0.717) is 11.6 Å². The molecule has 2 aromatic rings. The molecule has 1 aliphatic carbocycles. The standard InChI is InChI=1S/C16H23N7O/c1-9(21-16(17)18)10-2-4-11(5-3-10)15(24)22-13-6-7-19-14-12(13)8-20-23-14/h6-11H,2-5H2,1H3,(H4,17,18,21)(H2,19,20,22,23,24). The summed E-state index contributed by atoms with van der Waals surface area (Å²) >= 11 is 0. The fourth-order valence-electron chi connectivity index (χ4n) is 3.40. The maximum Gasteiger partial charge on any atom is 0.227 e. The Labute approximate surface area is 140 Å². The molecule has 8 heteroatoms. The molecular formula is C16H23N7O. The number of nitrogens with one attached hydrogen (secondary N) is 2. The maximum absolute atomic E-state index is 12.6. The third-order valence-corrected chi connectivity index (χ3v) is 4.79. The molecule has 2 heterocycles. The van der Waals surface area contributed by atoms with Gasteiger partial charge in [0.05, 0.1) is 23.3 Å². The Morgan fingerprint density at radius 3 is 2.83 bits per heavy atom. The predicted octanol–water partition coefficient (Wildman–Crippen LogP) is 1.36. The molecule has 0 spiro atoms. The number of rotatable bonds is 4. The monoisotopic (exact) mass is 329 g/mol. The Bertz CT molecular complexity index is 742. The van der Waals surface area contributed by atoms with E-state index in [1.165, 1.54) is 0 Å². The molecule has 0 aromatic carbocycles. The van der Waals surface area contributed by atoms with Crippen molar-refractivity contribution in [1.82, 2.24) is 15.2 Å². The van der Waals surface area contributed by atoms with Gasteiger partial charge in [-0.25, -0.2) is 4.98 Å². The lowest BCUT2D eigenvalue weighted by molar-refractivity contribution is -0.121. The first kappa shape index (κ1) is 16.2. The molecule has 0 bridgehead atoms. The lowest BCUT2D eigenvalue weighted by atomic mass is 9.78. The van der Waals surface area contributed by atoms with Gasteiger partial charge in [0.2, 0.25) is 5.91 Å². The molecule has 1 saturated carbocycles.